The molecule has 2 aromatic rings. The highest BCUT2D eigenvalue weighted by Gasteiger charge is 2.26. The summed E-state index contributed by atoms with van der Waals surface area (Å²) in [5, 5.41) is 3.14. The number of sulfonamides is 1. The van der Waals surface area contributed by atoms with Gasteiger partial charge in [0.2, 0.25) is 10.0 Å². The summed E-state index contributed by atoms with van der Waals surface area (Å²) in [7, 11) is -3.16. The molecule has 2 N–H and O–H groups in total. The summed E-state index contributed by atoms with van der Waals surface area (Å²) in [5.41, 5.74) is 4.02. The van der Waals surface area contributed by atoms with Gasteiger partial charge in [-0.2, -0.15) is 0 Å². The van der Waals surface area contributed by atoms with Gasteiger partial charge in [-0.3, -0.25) is 0 Å². The third-order valence-electron chi connectivity index (χ3n) is 4.72. The van der Waals surface area contributed by atoms with Crippen molar-refractivity contribution in [2.45, 2.75) is 50.8 Å². The summed E-state index contributed by atoms with van der Waals surface area (Å²) in [6.45, 7) is 4.37. The number of nitrogens with one attached hydrogen (secondary N) is 2. The van der Waals surface area contributed by atoms with E-state index in [4.69, 9.17) is 0 Å². The molecule has 1 aromatic carbocycles. The average molecular weight is 368 g/mol. The molecule has 5 nitrogen and oxygen atoms in total. The molecule has 1 heterocycles. The van der Waals surface area contributed by atoms with Gasteiger partial charge in [0.1, 0.15) is 0 Å². The molecule has 0 bridgehead atoms. The van der Waals surface area contributed by atoms with Gasteiger partial charge in [-0.25, -0.2) is 18.1 Å². The third kappa shape index (κ3) is 4.26. The van der Waals surface area contributed by atoms with Crippen LogP contribution in [0.3, 0.4) is 0 Å². The second-order valence-corrected chi connectivity index (χ2v) is 10.00. The Morgan fingerprint density at radius 3 is 2.71 bits per heavy atom. The van der Waals surface area contributed by atoms with E-state index in [0.717, 1.165) is 43.4 Å². The molecule has 0 radical (unpaired) electrons. The molecule has 0 amide bonds. The molecule has 0 aliphatic heterocycles. The van der Waals surface area contributed by atoms with Crippen LogP contribution in [0.25, 0.3) is 10.2 Å². The van der Waals surface area contributed by atoms with E-state index in [1.54, 1.807) is 25.2 Å². The van der Waals surface area contributed by atoms with Crippen molar-refractivity contribution in [2.75, 3.05) is 11.9 Å². The van der Waals surface area contributed by atoms with Gasteiger partial charge in [0.25, 0.3) is 0 Å². The minimum atomic E-state index is -3.16. The largest absolute Gasteiger partial charge is 0.385 e. The zero-order chi connectivity index (χ0) is 17.2. The summed E-state index contributed by atoms with van der Waals surface area (Å²) < 4.78 is 28.0. The maximum Gasteiger partial charge on any atom is 0.214 e. The van der Waals surface area contributed by atoms with Gasteiger partial charge in [-0.15, -0.1) is 11.3 Å². The Morgan fingerprint density at radius 2 is 2.00 bits per heavy atom. The van der Waals surface area contributed by atoms with Crippen LogP contribution < -0.4 is 10.0 Å². The predicted octanol–water partition coefficient (Wildman–Crippen LogP) is 3.59. The fraction of sp³-hybridized carbons (Fsp3) is 0.588. The monoisotopic (exact) mass is 367 g/mol. The summed E-state index contributed by atoms with van der Waals surface area (Å²) in [6.07, 6.45) is 3.95. The van der Waals surface area contributed by atoms with Crippen LogP contribution in [0.2, 0.25) is 0 Å². The number of aromatic nitrogens is 1. The van der Waals surface area contributed by atoms with E-state index >= 15 is 0 Å². The zero-order valence-corrected chi connectivity index (χ0v) is 15.8. The Hall–Kier alpha value is -1.18. The molecule has 1 aromatic heterocycles. The first-order chi connectivity index (χ1) is 11.4. The van der Waals surface area contributed by atoms with Gasteiger partial charge < -0.3 is 5.32 Å². The van der Waals surface area contributed by atoms with Crippen molar-refractivity contribution in [1.82, 2.24) is 9.71 Å². The quantitative estimate of drug-likeness (QED) is 0.818. The van der Waals surface area contributed by atoms with E-state index in [-0.39, 0.29) is 11.3 Å². The Morgan fingerprint density at radius 1 is 1.25 bits per heavy atom. The summed E-state index contributed by atoms with van der Waals surface area (Å²) in [6, 6.07) is 6.39. The maximum atomic E-state index is 11.9. The highest BCUT2D eigenvalue weighted by molar-refractivity contribution is 7.90. The van der Waals surface area contributed by atoms with Crippen molar-refractivity contribution in [2.24, 2.45) is 5.92 Å². The Kier molecular flexibility index (Phi) is 5.42. The van der Waals surface area contributed by atoms with Crippen molar-refractivity contribution in [3.05, 3.63) is 23.7 Å². The predicted molar refractivity (Wildman–Crippen MR) is 101 cm³/mol. The molecule has 1 aliphatic rings. The van der Waals surface area contributed by atoms with Crippen LogP contribution in [-0.2, 0) is 10.0 Å². The number of anilines is 1. The number of benzene rings is 1. The lowest BCUT2D eigenvalue weighted by Gasteiger charge is -2.29. The van der Waals surface area contributed by atoms with Gasteiger partial charge in [-0.1, -0.05) is 0 Å². The Labute approximate surface area is 147 Å². The minimum absolute atomic E-state index is 0.0972. The van der Waals surface area contributed by atoms with Gasteiger partial charge >= 0.3 is 0 Å². The summed E-state index contributed by atoms with van der Waals surface area (Å²) in [4.78, 5) is 4.35. The molecular formula is C17H25N3O2S2. The molecule has 24 heavy (non-hydrogen) atoms. The summed E-state index contributed by atoms with van der Waals surface area (Å²) >= 11 is 1.65. The van der Waals surface area contributed by atoms with E-state index in [9.17, 15) is 8.42 Å². The molecule has 0 spiro atoms. The lowest BCUT2D eigenvalue weighted by molar-refractivity contribution is 0.323. The maximum absolute atomic E-state index is 11.9. The summed E-state index contributed by atoms with van der Waals surface area (Å²) in [5.74, 6) is 0.593. The van der Waals surface area contributed by atoms with Crippen LogP contribution in [-0.4, -0.2) is 31.2 Å². The molecule has 3 rings (SSSR count). The standard InChI is InChI=1S/C17H25N3O2S2/c1-12(2)24(21,22)20-14-5-3-13(4-6-14)10-18-15-7-8-17-16(9-15)19-11-23-17/h7-9,11-14,18,20H,3-6,10H2,1-2H3/t13-,14-. The second-order valence-electron chi connectivity index (χ2n) is 6.85. The van der Waals surface area contributed by atoms with E-state index in [1.807, 2.05) is 5.51 Å². The number of thiazole rings is 1. The number of hydrogen-bond acceptors (Lipinski definition) is 5. The van der Waals surface area contributed by atoms with Crippen molar-refractivity contribution >= 4 is 37.3 Å². The lowest BCUT2D eigenvalue weighted by Crippen LogP contribution is -2.41. The smallest absolute Gasteiger partial charge is 0.214 e. The van der Waals surface area contributed by atoms with Crippen molar-refractivity contribution in [1.29, 1.82) is 0 Å². The molecule has 1 saturated carbocycles. The van der Waals surface area contributed by atoms with E-state index in [2.05, 4.69) is 33.2 Å². The van der Waals surface area contributed by atoms with Gasteiger partial charge in [0, 0.05) is 18.3 Å². The van der Waals surface area contributed by atoms with E-state index < -0.39 is 10.0 Å². The first-order valence-corrected chi connectivity index (χ1v) is 10.9. The van der Waals surface area contributed by atoms with E-state index in [0.29, 0.717) is 5.92 Å². The van der Waals surface area contributed by atoms with Gasteiger partial charge in [0.15, 0.2) is 0 Å². The molecule has 132 valence electrons. The number of hydrogen-bond donors (Lipinski definition) is 2. The zero-order valence-electron chi connectivity index (χ0n) is 14.2. The molecule has 7 heteroatoms. The number of rotatable bonds is 6. The van der Waals surface area contributed by atoms with Gasteiger partial charge in [0.05, 0.1) is 21.0 Å². The number of fused-ring (bicyclic) bond motifs is 1. The molecule has 0 atom stereocenters. The minimum Gasteiger partial charge on any atom is -0.385 e. The molecule has 1 aliphatic carbocycles. The normalized spacial score (nSPS) is 22.1. The Balaban J connectivity index is 1.47. The molecule has 0 unspecified atom stereocenters. The molecule has 0 saturated heterocycles. The van der Waals surface area contributed by atoms with Crippen LogP contribution in [0.5, 0.6) is 0 Å². The first kappa shape index (κ1) is 17.6. The molecular weight excluding hydrogens is 342 g/mol. The average Bonchev–Trinajstić information content (AvgIpc) is 3.01. The van der Waals surface area contributed by atoms with Crippen LogP contribution >= 0.6 is 11.3 Å². The number of nitrogens with zero attached hydrogens (tertiary/aromatic N) is 1. The van der Waals surface area contributed by atoms with Crippen molar-refractivity contribution < 1.29 is 8.42 Å². The SMILES string of the molecule is CC(C)S(=O)(=O)N[C@H]1CC[C@H](CNc2ccc3scnc3c2)CC1. The van der Waals surface area contributed by atoms with Crippen molar-refractivity contribution in [3.63, 3.8) is 0 Å². The van der Waals surface area contributed by atoms with Crippen LogP contribution in [0.1, 0.15) is 39.5 Å². The highest BCUT2D eigenvalue weighted by Crippen LogP contribution is 2.26. The fourth-order valence-electron chi connectivity index (χ4n) is 3.08. The van der Waals surface area contributed by atoms with Crippen LogP contribution in [0, 0.1) is 5.92 Å². The second kappa shape index (κ2) is 7.37. The lowest BCUT2D eigenvalue weighted by atomic mass is 9.86. The van der Waals surface area contributed by atoms with E-state index in [1.165, 1.54) is 4.70 Å². The topological polar surface area (TPSA) is 71.1 Å². The third-order valence-corrected chi connectivity index (χ3v) is 7.44. The Bertz CT molecular complexity index is 778. The fourth-order valence-corrected chi connectivity index (χ4v) is 4.71. The van der Waals surface area contributed by atoms with Crippen LogP contribution in [0.4, 0.5) is 5.69 Å². The van der Waals surface area contributed by atoms with Gasteiger partial charge in [-0.05, 0) is 63.6 Å². The van der Waals surface area contributed by atoms with Crippen molar-refractivity contribution in [3.8, 4) is 0 Å². The molecule has 1 fully saturated rings. The highest BCUT2D eigenvalue weighted by atomic mass is 32.2. The van der Waals surface area contributed by atoms with Crippen LogP contribution in [0.15, 0.2) is 23.7 Å². The first-order valence-electron chi connectivity index (χ1n) is 8.52.